The molecule has 2 aromatic rings. The van der Waals surface area contributed by atoms with Gasteiger partial charge in [0.2, 0.25) is 10.0 Å². The number of hydrogen-bond donors (Lipinski definition) is 1. The number of hydrogen-bond acceptors (Lipinski definition) is 3. The van der Waals surface area contributed by atoms with Gasteiger partial charge in [-0.3, -0.25) is 0 Å². The van der Waals surface area contributed by atoms with Crippen LogP contribution < -0.4 is 5.32 Å². The lowest BCUT2D eigenvalue weighted by molar-refractivity contribution is 0.432. The maximum atomic E-state index is 13.0. The van der Waals surface area contributed by atoms with Crippen molar-refractivity contribution in [2.75, 3.05) is 26.2 Å². The van der Waals surface area contributed by atoms with Crippen LogP contribution in [0.4, 0.5) is 0 Å². The molecule has 1 aliphatic rings. The van der Waals surface area contributed by atoms with E-state index in [1.54, 1.807) is 10.4 Å². The van der Waals surface area contributed by atoms with Gasteiger partial charge in [0.1, 0.15) is 0 Å². The molecule has 0 spiro atoms. The van der Waals surface area contributed by atoms with Gasteiger partial charge in [-0.05, 0) is 36.9 Å². The van der Waals surface area contributed by atoms with E-state index < -0.39 is 10.0 Å². The van der Waals surface area contributed by atoms with Crippen LogP contribution in [0.2, 0.25) is 0 Å². The zero-order chi connectivity index (χ0) is 14.9. The molecule has 2 aromatic carbocycles. The zero-order valence-corrected chi connectivity index (χ0v) is 13.0. The van der Waals surface area contributed by atoms with E-state index in [1.165, 1.54) is 0 Å². The summed E-state index contributed by atoms with van der Waals surface area (Å²) in [5, 5.41) is 5.06. The summed E-state index contributed by atoms with van der Waals surface area (Å²) in [7, 11) is -3.44. The Bertz CT molecular complexity index is 748. The van der Waals surface area contributed by atoms with Crippen molar-refractivity contribution in [2.24, 2.45) is 0 Å². The van der Waals surface area contributed by atoms with Crippen molar-refractivity contribution in [2.45, 2.75) is 18.2 Å². The van der Waals surface area contributed by atoms with Gasteiger partial charge in [-0.1, -0.05) is 30.3 Å². The maximum absolute atomic E-state index is 13.0. The predicted octanol–water partition coefficient (Wildman–Crippen LogP) is 2.13. The molecule has 0 bridgehead atoms. The minimum absolute atomic E-state index is 0.422. The molecule has 1 saturated heterocycles. The lowest BCUT2D eigenvalue weighted by Crippen LogP contribution is -2.34. The standard InChI is InChI=1S/C16H20N2O2S/c1-13-5-2-7-15-14(13)6-3-8-16(15)21(19,20)18-11-4-9-17-10-12-18/h2-3,5-8,17H,4,9-12H2,1H3. The van der Waals surface area contributed by atoms with E-state index in [-0.39, 0.29) is 0 Å². The van der Waals surface area contributed by atoms with Crippen LogP contribution >= 0.6 is 0 Å². The topological polar surface area (TPSA) is 49.4 Å². The molecule has 0 atom stereocenters. The number of aryl methyl sites for hydroxylation is 1. The Balaban J connectivity index is 2.12. The molecule has 0 saturated carbocycles. The number of sulfonamides is 1. The Morgan fingerprint density at radius 3 is 2.62 bits per heavy atom. The summed E-state index contributed by atoms with van der Waals surface area (Å²) in [6.45, 7) is 4.71. The first-order chi connectivity index (χ1) is 10.1. The Kier molecular flexibility index (Phi) is 3.97. The largest absolute Gasteiger partial charge is 0.315 e. The first-order valence-electron chi connectivity index (χ1n) is 7.30. The van der Waals surface area contributed by atoms with Crippen molar-refractivity contribution < 1.29 is 8.42 Å². The maximum Gasteiger partial charge on any atom is 0.243 e. The number of benzene rings is 2. The highest BCUT2D eigenvalue weighted by molar-refractivity contribution is 7.89. The average molecular weight is 304 g/mol. The van der Waals surface area contributed by atoms with E-state index in [0.29, 0.717) is 24.5 Å². The van der Waals surface area contributed by atoms with Crippen molar-refractivity contribution in [1.82, 2.24) is 9.62 Å². The van der Waals surface area contributed by atoms with Gasteiger partial charge in [-0.15, -0.1) is 0 Å². The third-order valence-electron chi connectivity index (χ3n) is 4.02. The molecule has 5 heteroatoms. The van der Waals surface area contributed by atoms with Gasteiger partial charge in [0.15, 0.2) is 0 Å². The van der Waals surface area contributed by atoms with Gasteiger partial charge in [0.25, 0.3) is 0 Å². The van der Waals surface area contributed by atoms with Crippen molar-refractivity contribution >= 4 is 20.8 Å². The highest BCUT2D eigenvalue weighted by Gasteiger charge is 2.26. The van der Waals surface area contributed by atoms with Crippen molar-refractivity contribution in [3.05, 3.63) is 42.0 Å². The number of fused-ring (bicyclic) bond motifs is 1. The van der Waals surface area contributed by atoms with Crippen molar-refractivity contribution in [1.29, 1.82) is 0 Å². The Labute approximate surface area is 125 Å². The van der Waals surface area contributed by atoms with E-state index in [0.717, 1.165) is 29.3 Å². The summed E-state index contributed by atoms with van der Waals surface area (Å²) < 4.78 is 27.5. The van der Waals surface area contributed by atoms with Gasteiger partial charge in [0, 0.05) is 25.0 Å². The summed E-state index contributed by atoms with van der Waals surface area (Å²) in [4.78, 5) is 0.422. The van der Waals surface area contributed by atoms with Gasteiger partial charge < -0.3 is 5.32 Å². The number of nitrogens with one attached hydrogen (secondary N) is 1. The summed E-state index contributed by atoms with van der Waals surface area (Å²) in [5.41, 5.74) is 1.10. The number of nitrogens with zero attached hydrogens (tertiary/aromatic N) is 1. The molecule has 0 aromatic heterocycles. The Morgan fingerprint density at radius 1 is 1.00 bits per heavy atom. The molecule has 1 N–H and O–H groups in total. The number of rotatable bonds is 2. The molecule has 0 amide bonds. The highest BCUT2D eigenvalue weighted by Crippen LogP contribution is 2.27. The van der Waals surface area contributed by atoms with Gasteiger partial charge in [-0.2, -0.15) is 4.31 Å². The molecule has 0 unspecified atom stereocenters. The molecule has 1 fully saturated rings. The molecule has 1 heterocycles. The molecular weight excluding hydrogens is 284 g/mol. The lowest BCUT2D eigenvalue weighted by atomic mass is 10.1. The Morgan fingerprint density at radius 2 is 1.76 bits per heavy atom. The molecule has 4 nitrogen and oxygen atoms in total. The van der Waals surface area contributed by atoms with Crippen LogP contribution in [-0.2, 0) is 10.0 Å². The van der Waals surface area contributed by atoms with Crippen LogP contribution in [0.1, 0.15) is 12.0 Å². The fourth-order valence-electron chi connectivity index (χ4n) is 2.86. The normalized spacial score (nSPS) is 17.8. The summed E-state index contributed by atoms with van der Waals surface area (Å²) >= 11 is 0. The monoisotopic (exact) mass is 304 g/mol. The molecule has 21 heavy (non-hydrogen) atoms. The van der Waals surface area contributed by atoms with Crippen LogP contribution in [-0.4, -0.2) is 38.9 Å². The van der Waals surface area contributed by atoms with Gasteiger partial charge in [0.05, 0.1) is 4.90 Å². The van der Waals surface area contributed by atoms with E-state index in [1.807, 2.05) is 37.3 Å². The molecular formula is C16H20N2O2S. The molecule has 0 radical (unpaired) electrons. The summed E-state index contributed by atoms with van der Waals surface area (Å²) in [5.74, 6) is 0. The average Bonchev–Trinajstić information content (AvgIpc) is 2.77. The van der Waals surface area contributed by atoms with E-state index >= 15 is 0 Å². The molecule has 112 valence electrons. The van der Waals surface area contributed by atoms with Crippen LogP contribution in [0.15, 0.2) is 41.3 Å². The van der Waals surface area contributed by atoms with E-state index in [2.05, 4.69) is 5.32 Å². The first-order valence-corrected chi connectivity index (χ1v) is 8.74. The minimum Gasteiger partial charge on any atom is -0.315 e. The fourth-order valence-corrected chi connectivity index (χ4v) is 4.55. The van der Waals surface area contributed by atoms with Crippen LogP contribution in [0.25, 0.3) is 10.8 Å². The highest BCUT2D eigenvalue weighted by atomic mass is 32.2. The van der Waals surface area contributed by atoms with Crippen LogP contribution in [0, 0.1) is 6.92 Å². The third-order valence-corrected chi connectivity index (χ3v) is 5.97. The fraction of sp³-hybridized carbons (Fsp3) is 0.375. The lowest BCUT2D eigenvalue weighted by Gasteiger charge is -2.21. The predicted molar refractivity (Wildman–Crippen MR) is 84.9 cm³/mol. The smallest absolute Gasteiger partial charge is 0.243 e. The summed E-state index contributed by atoms with van der Waals surface area (Å²) in [6.07, 6.45) is 0.850. The van der Waals surface area contributed by atoms with Crippen molar-refractivity contribution in [3.8, 4) is 0 Å². The minimum atomic E-state index is -3.44. The first kappa shape index (κ1) is 14.5. The summed E-state index contributed by atoms with van der Waals surface area (Å²) in [6, 6.07) is 11.3. The van der Waals surface area contributed by atoms with E-state index in [9.17, 15) is 8.42 Å². The van der Waals surface area contributed by atoms with Gasteiger partial charge >= 0.3 is 0 Å². The van der Waals surface area contributed by atoms with Gasteiger partial charge in [-0.25, -0.2) is 8.42 Å². The van der Waals surface area contributed by atoms with Crippen LogP contribution in [0.5, 0.6) is 0 Å². The third kappa shape index (κ3) is 2.69. The quantitative estimate of drug-likeness (QED) is 0.924. The second kappa shape index (κ2) is 5.75. The SMILES string of the molecule is Cc1cccc2c(S(=O)(=O)N3CCCNCC3)cccc12. The Hall–Kier alpha value is -1.43. The van der Waals surface area contributed by atoms with Crippen LogP contribution in [0.3, 0.4) is 0 Å². The van der Waals surface area contributed by atoms with E-state index in [4.69, 9.17) is 0 Å². The van der Waals surface area contributed by atoms with Crippen molar-refractivity contribution in [3.63, 3.8) is 0 Å². The second-order valence-electron chi connectivity index (χ2n) is 5.43. The second-order valence-corrected chi connectivity index (χ2v) is 7.34. The molecule has 0 aliphatic carbocycles. The molecule has 3 rings (SSSR count). The molecule has 1 aliphatic heterocycles. The zero-order valence-electron chi connectivity index (χ0n) is 12.2.